The largest absolute Gasteiger partial charge is 0.545 e. The number of quaternary nitrogens is 1. The van der Waals surface area contributed by atoms with Crippen molar-refractivity contribution in [1.29, 1.82) is 0 Å². The normalized spacial score (nSPS) is 13.5. The third kappa shape index (κ3) is 35.6. The Morgan fingerprint density at radius 1 is 0.596 bits per heavy atom. The fraction of sp³-hybridized carbons (Fsp3) is 0.744. The fourth-order valence-corrected chi connectivity index (χ4v) is 5.17. The molecule has 0 spiro atoms. The molecule has 0 aromatic heterocycles. The molecule has 0 saturated heterocycles. The SMILES string of the molecule is CC/C=C\C/C=C\C/C=C\C/C=C\CCCCCCCCC(=O)OC(COC(=O)CCCCCCCCCC)COC(OCC[N+](C)(C)C)C(=O)[O-]. The number of allylic oxidation sites excluding steroid dienone is 8. The van der Waals surface area contributed by atoms with Crippen molar-refractivity contribution in [3.05, 3.63) is 48.6 Å². The Balaban J connectivity index is 4.46. The summed E-state index contributed by atoms with van der Waals surface area (Å²) in [5.41, 5.74) is 0. The minimum atomic E-state index is -1.62. The van der Waals surface area contributed by atoms with Gasteiger partial charge in [0.2, 0.25) is 0 Å². The van der Waals surface area contributed by atoms with Crippen molar-refractivity contribution >= 4 is 17.9 Å². The van der Waals surface area contributed by atoms with Gasteiger partial charge >= 0.3 is 11.9 Å². The van der Waals surface area contributed by atoms with Gasteiger partial charge in [0.25, 0.3) is 0 Å². The van der Waals surface area contributed by atoms with Crippen LogP contribution in [-0.2, 0) is 33.3 Å². The number of nitrogens with zero attached hydrogens (tertiary/aromatic N) is 1. The van der Waals surface area contributed by atoms with E-state index in [2.05, 4.69) is 62.5 Å². The van der Waals surface area contributed by atoms with Crippen molar-refractivity contribution in [2.75, 3.05) is 47.5 Å². The van der Waals surface area contributed by atoms with E-state index >= 15 is 0 Å². The highest BCUT2D eigenvalue weighted by Crippen LogP contribution is 2.13. The van der Waals surface area contributed by atoms with E-state index in [-0.39, 0.29) is 38.6 Å². The third-order valence-electron chi connectivity index (χ3n) is 8.34. The molecule has 0 bridgehead atoms. The van der Waals surface area contributed by atoms with Crippen LogP contribution in [0.3, 0.4) is 0 Å². The quantitative estimate of drug-likeness (QED) is 0.0207. The highest BCUT2D eigenvalue weighted by molar-refractivity contribution is 5.70. The number of ether oxygens (including phenoxy) is 4. The van der Waals surface area contributed by atoms with Crippen molar-refractivity contribution in [2.45, 2.75) is 161 Å². The van der Waals surface area contributed by atoms with Crippen molar-refractivity contribution in [2.24, 2.45) is 0 Å². The average molecular weight is 734 g/mol. The second-order valence-electron chi connectivity index (χ2n) is 14.5. The minimum absolute atomic E-state index is 0.143. The van der Waals surface area contributed by atoms with E-state index in [0.717, 1.165) is 83.5 Å². The number of hydrogen-bond donors (Lipinski definition) is 0. The zero-order valence-corrected chi connectivity index (χ0v) is 33.7. The molecule has 0 aliphatic carbocycles. The first-order valence-electron chi connectivity index (χ1n) is 20.3. The first-order valence-corrected chi connectivity index (χ1v) is 20.3. The lowest BCUT2D eigenvalue weighted by molar-refractivity contribution is -0.870. The van der Waals surface area contributed by atoms with Crippen LogP contribution in [0.1, 0.15) is 149 Å². The first-order chi connectivity index (χ1) is 25.1. The van der Waals surface area contributed by atoms with Crippen LogP contribution < -0.4 is 5.11 Å². The summed E-state index contributed by atoms with van der Waals surface area (Å²) in [4.78, 5) is 36.7. The number of carboxylic acid groups (broad SMARTS) is 1. The molecule has 2 unspecified atom stereocenters. The van der Waals surface area contributed by atoms with E-state index < -0.39 is 24.3 Å². The minimum Gasteiger partial charge on any atom is -0.545 e. The van der Waals surface area contributed by atoms with E-state index in [1.807, 2.05) is 21.1 Å². The summed E-state index contributed by atoms with van der Waals surface area (Å²) in [6, 6.07) is 0. The summed E-state index contributed by atoms with van der Waals surface area (Å²) >= 11 is 0. The van der Waals surface area contributed by atoms with Crippen molar-refractivity contribution in [3.63, 3.8) is 0 Å². The molecule has 0 heterocycles. The van der Waals surface area contributed by atoms with Crippen LogP contribution in [0.25, 0.3) is 0 Å². The number of carboxylic acids is 1. The molecule has 300 valence electrons. The number of carbonyl (C=O) groups excluding carboxylic acids is 3. The summed E-state index contributed by atoms with van der Waals surface area (Å²) in [5, 5.41) is 11.6. The molecule has 52 heavy (non-hydrogen) atoms. The van der Waals surface area contributed by atoms with E-state index in [1.54, 1.807) is 0 Å². The lowest BCUT2D eigenvalue weighted by Gasteiger charge is -2.26. The zero-order valence-electron chi connectivity index (χ0n) is 33.7. The molecule has 0 fully saturated rings. The predicted molar refractivity (Wildman–Crippen MR) is 209 cm³/mol. The van der Waals surface area contributed by atoms with Gasteiger partial charge in [0.15, 0.2) is 12.4 Å². The maximum absolute atomic E-state index is 12.7. The Kier molecular flexibility index (Phi) is 33.4. The highest BCUT2D eigenvalue weighted by atomic mass is 16.7. The lowest BCUT2D eigenvalue weighted by Crippen LogP contribution is -2.44. The number of unbranched alkanes of at least 4 members (excludes halogenated alkanes) is 13. The van der Waals surface area contributed by atoms with Gasteiger partial charge in [0.05, 0.1) is 40.3 Å². The summed E-state index contributed by atoms with van der Waals surface area (Å²) in [5.74, 6) is -2.32. The fourth-order valence-electron chi connectivity index (χ4n) is 5.17. The van der Waals surface area contributed by atoms with Gasteiger partial charge in [-0.15, -0.1) is 0 Å². The van der Waals surface area contributed by atoms with Crippen LogP contribution in [0.15, 0.2) is 48.6 Å². The molecule has 9 heteroatoms. The number of hydrogen-bond acceptors (Lipinski definition) is 8. The smallest absolute Gasteiger partial charge is 0.306 e. The molecular formula is C43H75NO8. The van der Waals surface area contributed by atoms with Gasteiger partial charge in [-0.25, -0.2) is 0 Å². The highest BCUT2D eigenvalue weighted by Gasteiger charge is 2.21. The second kappa shape index (κ2) is 35.3. The topological polar surface area (TPSA) is 111 Å². The van der Waals surface area contributed by atoms with Gasteiger partial charge in [-0.3, -0.25) is 9.59 Å². The van der Waals surface area contributed by atoms with E-state index in [1.165, 1.54) is 32.1 Å². The molecule has 0 rings (SSSR count). The number of likely N-dealkylation sites (N-methyl/N-ethyl adjacent to an activating group) is 1. The summed E-state index contributed by atoms with van der Waals surface area (Å²) in [6.45, 7) is 4.55. The molecule has 0 radical (unpaired) electrons. The van der Waals surface area contributed by atoms with Crippen LogP contribution in [0.5, 0.6) is 0 Å². The lowest BCUT2D eigenvalue weighted by atomic mass is 10.1. The van der Waals surface area contributed by atoms with E-state index in [4.69, 9.17) is 18.9 Å². The molecule has 0 N–H and O–H groups in total. The number of esters is 2. The molecule has 0 aliphatic heterocycles. The molecule has 0 aliphatic rings. The Bertz CT molecular complexity index is 998. The van der Waals surface area contributed by atoms with Crippen LogP contribution in [0, 0.1) is 0 Å². The van der Waals surface area contributed by atoms with E-state index in [0.29, 0.717) is 17.4 Å². The summed E-state index contributed by atoms with van der Waals surface area (Å²) in [6.07, 6.45) is 35.8. The van der Waals surface area contributed by atoms with Crippen LogP contribution in [0.4, 0.5) is 0 Å². The third-order valence-corrected chi connectivity index (χ3v) is 8.34. The van der Waals surface area contributed by atoms with Crippen molar-refractivity contribution < 1.29 is 42.9 Å². The van der Waals surface area contributed by atoms with Crippen LogP contribution in [-0.4, -0.2) is 82.3 Å². The average Bonchev–Trinajstić information content (AvgIpc) is 3.09. The monoisotopic (exact) mass is 734 g/mol. The summed E-state index contributed by atoms with van der Waals surface area (Å²) < 4.78 is 22.4. The van der Waals surface area contributed by atoms with Crippen LogP contribution in [0.2, 0.25) is 0 Å². The molecule has 0 saturated carbocycles. The van der Waals surface area contributed by atoms with Gasteiger partial charge in [-0.2, -0.15) is 0 Å². The Hall–Kier alpha value is -2.75. The number of rotatable bonds is 36. The van der Waals surface area contributed by atoms with Gasteiger partial charge in [0, 0.05) is 12.8 Å². The Morgan fingerprint density at radius 3 is 1.63 bits per heavy atom. The van der Waals surface area contributed by atoms with Gasteiger partial charge in [0.1, 0.15) is 13.2 Å². The standard InChI is InChI=1S/C43H75NO8/c1-6-8-10-12-14-16-17-18-19-20-21-22-23-24-25-26-28-30-32-34-41(46)52-39(38-51-43(42(47)48)49-36-35-44(3,4)5)37-50-40(45)33-31-29-27-15-13-11-9-7-2/h8,10,14,16,18-19,21-22,39,43H,6-7,9,11-13,15,17,20,23-38H2,1-5H3/b10-8-,16-14-,19-18-,22-21-. The predicted octanol–water partition coefficient (Wildman–Crippen LogP) is 8.71. The van der Waals surface area contributed by atoms with Gasteiger partial charge in [-0.05, 0) is 51.4 Å². The molecule has 2 atom stereocenters. The van der Waals surface area contributed by atoms with E-state index in [9.17, 15) is 19.5 Å². The Morgan fingerprint density at radius 2 is 1.10 bits per heavy atom. The Labute approximate surface area is 317 Å². The first kappa shape index (κ1) is 49.2. The maximum atomic E-state index is 12.7. The summed E-state index contributed by atoms with van der Waals surface area (Å²) in [7, 11) is 5.89. The molecular weight excluding hydrogens is 658 g/mol. The molecule has 9 nitrogen and oxygen atoms in total. The number of aliphatic carboxylic acids is 1. The van der Waals surface area contributed by atoms with Crippen LogP contribution >= 0.6 is 0 Å². The maximum Gasteiger partial charge on any atom is 0.306 e. The van der Waals surface area contributed by atoms with Gasteiger partial charge in [-0.1, -0.05) is 133 Å². The zero-order chi connectivity index (χ0) is 38.5. The van der Waals surface area contributed by atoms with Crippen molar-refractivity contribution in [1.82, 2.24) is 0 Å². The molecule has 0 aromatic carbocycles. The number of carbonyl (C=O) groups is 3. The van der Waals surface area contributed by atoms with Crippen molar-refractivity contribution in [3.8, 4) is 0 Å². The second-order valence-corrected chi connectivity index (χ2v) is 14.5. The molecule has 0 aromatic rings. The molecule has 0 amide bonds. The van der Waals surface area contributed by atoms with Gasteiger partial charge < -0.3 is 33.3 Å².